The van der Waals surface area contributed by atoms with Crippen molar-refractivity contribution in [2.45, 2.75) is 64.7 Å². The summed E-state index contributed by atoms with van der Waals surface area (Å²) in [5, 5.41) is 3.58. The number of carbonyl (C=O) groups is 1. The van der Waals surface area contributed by atoms with Crippen LogP contribution in [0.25, 0.3) is 0 Å². The van der Waals surface area contributed by atoms with Gasteiger partial charge in [0.25, 0.3) is 0 Å². The lowest BCUT2D eigenvalue weighted by atomic mass is 9.76. The Kier molecular flexibility index (Phi) is 5.14. The van der Waals surface area contributed by atoms with Crippen LogP contribution >= 0.6 is 0 Å². The van der Waals surface area contributed by atoms with Crippen LogP contribution in [0, 0.1) is 5.41 Å². The van der Waals surface area contributed by atoms with E-state index in [2.05, 4.69) is 19.2 Å². The zero-order valence-electron chi connectivity index (χ0n) is 15.1. The average Bonchev–Trinajstić information content (AvgIpc) is 2.72. The summed E-state index contributed by atoms with van der Waals surface area (Å²) in [6.45, 7) is 11.9. The van der Waals surface area contributed by atoms with Gasteiger partial charge in [-0.2, -0.15) is 0 Å². The number of rotatable bonds is 4. The van der Waals surface area contributed by atoms with E-state index in [4.69, 9.17) is 8.92 Å². The summed E-state index contributed by atoms with van der Waals surface area (Å²) in [6.07, 6.45) is 2.81. The van der Waals surface area contributed by atoms with Gasteiger partial charge in [-0.05, 0) is 40.2 Å². The molecule has 0 bridgehead atoms. The summed E-state index contributed by atoms with van der Waals surface area (Å²) >= 11 is -1.27. The number of nitrogens with one attached hydrogen (secondary N) is 1. The molecule has 134 valence electrons. The van der Waals surface area contributed by atoms with Crippen LogP contribution in [-0.4, -0.2) is 58.3 Å². The first-order chi connectivity index (χ1) is 10.5. The van der Waals surface area contributed by atoms with E-state index >= 15 is 0 Å². The van der Waals surface area contributed by atoms with Gasteiger partial charge in [0, 0.05) is 30.3 Å². The molecule has 1 aliphatic heterocycles. The Hall–Kier alpha value is -0.660. The van der Waals surface area contributed by atoms with Crippen LogP contribution in [-0.2, 0) is 20.0 Å². The smallest absolute Gasteiger partial charge is 0.410 e. The maximum Gasteiger partial charge on any atom is 0.410 e. The summed E-state index contributed by atoms with van der Waals surface area (Å²) in [5.74, 6) is 0. The van der Waals surface area contributed by atoms with Crippen molar-refractivity contribution in [2.75, 3.05) is 25.9 Å². The Labute approximate surface area is 141 Å². The lowest BCUT2D eigenvalue weighted by Gasteiger charge is -2.36. The zero-order chi connectivity index (χ0) is 17.5. The van der Waals surface area contributed by atoms with Gasteiger partial charge in [-0.25, -0.2) is 9.00 Å². The first kappa shape index (κ1) is 18.7. The second kappa shape index (κ2) is 6.33. The molecule has 0 aromatic heterocycles. The molecule has 1 amide bonds. The number of carbonyl (C=O) groups excluding carboxylic acids is 1. The molecular weight excluding hydrogens is 316 g/mol. The van der Waals surface area contributed by atoms with Crippen LogP contribution in [0.1, 0.15) is 47.5 Å². The molecule has 6 nitrogen and oxygen atoms in total. The summed E-state index contributed by atoms with van der Waals surface area (Å²) in [7, 11) is 0. The van der Waals surface area contributed by atoms with Gasteiger partial charge < -0.3 is 15.0 Å². The molecule has 1 aliphatic carbocycles. The molecule has 0 radical (unpaired) electrons. The predicted molar refractivity (Wildman–Crippen MR) is 90.5 cm³/mol. The molecule has 2 unspecified atom stereocenters. The minimum Gasteiger partial charge on any atom is -0.444 e. The van der Waals surface area contributed by atoms with E-state index in [9.17, 15) is 9.00 Å². The van der Waals surface area contributed by atoms with Crippen molar-refractivity contribution in [3.05, 3.63) is 0 Å². The standard InChI is InChI=1S/C16H30N2O4S/c1-7-17-16-9-12(22-23(6)20)8-15(16,5)10-18(11-16)13(19)21-14(2,3)4/h12,17H,7-11H2,1-6H3/t12?,15-,16-,23?/m0/s1. The number of ether oxygens (including phenoxy) is 1. The number of hydrogen-bond donors (Lipinski definition) is 1. The average molecular weight is 346 g/mol. The van der Waals surface area contributed by atoms with Gasteiger partial charge in [-0.3, -0.25) is 4.18 Å². The summed E-state index contributed by atoms with van der Waals surface area (Å²) in [6, 6.07) is 0. The van der Waals surface area contributed by atoms with E-state index in [0.29, 0.717) is 13.1 Å². The molecule has 2 fully saturated rings. The van der Waals surface area contributed by atoms with Crippen molar-refractivity contribution in [2.24, 2.45) is 5.41 Å². The van der Waals surface area contributed by atoms with Crippen LogP contribution in [0.15, 0.2) is 0 Å². The minimum atomic E-state index is -1.27. The van der Waals surface area contributed by atoms with Gasteiger partial charge in [0.15, 0.2) is 11.1 Å². The predicted octanol–water partition coefficient (Wildman–Crippen LogP) is 2.06. The molecule has 1 saturated carbocycles. The van der Waals surface area contributed by atoms with Gasteiger partial charge in [0.2, 0.25) is 0 Å². The highest BCUT2D eigenvalue weighted by Crippen LogP contribution is 2.52. The Morgan fingerprint density at radius 2 is 2.00 bits per heavy atom. The van der Waals surface area contributed by atoms with Crippen LogP contribution < -0.4 is 5.32 Å². The van der Waals surface area contributed by atoms with Gasteiger partial charge in [-0.15, -0.1) is 0 Å². The van der Waals surface area contributed by atoms with Crippen molar-refractivity contribution in [3.63, 3.8) is 0 Å². The number of fused-ring (bicyclic) bond motifs is 1. The van der Waals surface area contributed by atoms with Crippen molar-refractivity contribution in [3.8, 4) is 0 Å². The SMILES string of the molecule is CCN[C@]12CC(OS(C)=O)C[C@@]1(C)CN(C(=O)OC(C)(C)C)C2. The second-order valence-corrected chi connectivity index (χ2v) is 9.03. The number of nitrogens with zero attached hydrogens (tertiary/aromatic N) is 1. The molecule has 0 aromatic rings. The Balaban J connectivity index is 2.15. The van der Waals surface area contributed by atoms with Gasteiger partial charge >= 0.3 is 6.09 Å². The zero-order valence-corrected chi connectivity index (χ0v) is 15.9. The van der Waals surface area contributed by atoms with E-state index in [1.165, 1.54) is 0 Å². The third-order valence-electron chi connectivity index (χ3n) is 4.85. The van der Waals surface area contributed by atoms with E-state index in [1.807, 2.05) is 20.8 Å². The number of likely N-dealkylation sites (N-methyl/N-ethyl adjacent to an activating group) is 1. The molecule has 1 heterocycles. The highest BCUT2D eigenvalue weighted by atomic mass is 32.2. The fourth-order valence-electron chi connectivity index (χ4n) is 4.07. The van der Waals surface area contributed by atoms with Crippen LogP contribution in [0.3, 0.4) is 0 Å². The topological polar surface area (TPSA) is 67.9 Å². The molecule has 7 heteroatoms. The molecule has 2 aliphatic rings. The maximum absolute atomic E-state index is 12.4. The van der Waals surface area contributed by atoms with E-state index in [0.717, 1.165) is 19.4 Å². The highest BCUT2D eigenvalue weighted by Gasteiger charge is 2.62. The highest BCUT2D eigenvalue weighted by molar-refractivity contribution is 7.79. The Morgan fingerprint density at radius 3 is 2.52 bits per heavy atom. The van der Waals surface area contributed by atoms with Crippen molar-refractivity contribution in [1.29, 1.82) is 0 Å². The van der Waals surface area contributed by atoms with E-state index in [-0.39, 0.29) is 23.2 Å². The van der Waals surface area contributed by atoms with Crippen LogP contribution in [0.2, 0.25) is 0 Å². The molecule has 23 heavy (non-hydrogen) atoms. The molecule has 4 atom stereocenters. The Bertz CT molecular complexity index is 493. The van der Waals surface area contributed by atoms with Gasteiger partial charge in [-0.1, -0.05) is 13.8 Å². The van der Waals surface area contributed by atoms with Gasteiger partial charge in [0.05, 0.1) is 6.10 Å². The lowest BCUT2D eigenvalue weighted by molar-refractivity contribution is 0.0257. The first-order valence-corrected chi connectivity index (χ1v) is 9.72. The molecular formula is C16H30N2O4S. The van der Waals surface area contributed by atoms with Gasteiger partial charge in [0.1, 0.15) is 5.60 Å². The Morgan fingerprint density at radius 1 is 1.35 bits per heavy atom. The fraction of sp³-hybridized carbons (Fsp3) is 0.938. The lowest BCUT2D eigenvalue weighted by Crippen LogP contribution is -2.54. The first-order valence-electron chi connectivity index (χ1n) is 8.24. The van der Waals surface area contributed by atoms with Crippen molar-refractivity contribution in [1.82, 2.24) is 10.2 Å². The number of likely N-dealkylation sites (tertiary alicyclic amines) is 1. The normalized spacial score (nSPS) is 35.2. The molecule has 1 saturated heterocycles. The third-order valence-corrected chi connectivity index (χ3v) is 5.39. The third kappa shape index (κ3) is 3.88. The second-order valence-electron chi connectivity index (χ2n) is 8.04. The number of hydrogen-bond acceptors (Lipinski definition) is 5. The summed E-state index contributed by atoms with van der Waals surface area (Å²) in [4.78, 5) is 14.2. The largest absolute Gasteiger partial charge is 0.444 e. The summed E-state index contributed by atoms with van der Waals surface area (Å²) < 4.78 is 22.5. The molecule has 0 spiro atoms. The number of amides is 1. The van der Waals surface area contributed by atoms with E-state index in [1.54, 1.807) is 11.2 Å². The molecule has 2 rings (SSSR count). The summed E-state index contributed by atoms with van der Waals surface area (Å²) in [5.41, 5.74) is -0.807. The quantitative estimate of drug-likeness (QED) is 0.844. The molecule has 1 N–H and O–H groups in total. The monoisotopic (exact) mass is 346 g/mol. The van der Waals surface area contributed by atoms with Crippen LogP contribution in [0.5, 0.6) is 0 Å². The van der Waals surface area contributed by atoms with Crippen molar-refractivity contribution >= 4 is 17.2 Å². The van der Waals surface area contributed by atoms with Crippen molar-refractivity contribution < 1.29 is 17.9 Å². The van der Waals surface area contributed by atoms with E-state index < -0.39 is 16.7 Å². The molecule has 0 aromatic carbocycles. The maximum atomic E-state index is 12.4. The minimum absolute atomic E-state index is 0.0364. The van der Waals surface area contributed by atoms with Crippen LogP contribution in [0.4, 0.5) is 4.79 Å². The fourth-order valence-corrected chi connectivity index (χ4v) is 4.59.